The van der Waals surface area contributed by atoms with Crippen molar-refractivity contribution in [1.82, 2.24) is 9.97 Å². The minimum absolute atomic E-state index is 0.0430. The molecule has 6 nitrogen and oxygen atoms in total. The van der Waals surface area contributed by atoms with Gasteiger partial charge < -0.3 is 20.3 Å². The summed E-state index contributed by atoms with van der Waals surface area (Å²) in [5.41, 5.74) is 6.48. The second kappa shape index (κ2) is 6.83. The second-order valence-corrected chi connectivity index (χ2v) is 4.09. The van der Waals surface area contributed by atoms with Crippen LogP contribution in [0.3, 0.4) is 0 Å². The molecule has 1 heterocycles. The zero-order valence-electron chi connectivity index (χ0n) is 11.2. The van der Waals surface area contributed by atoms with Gasteiger partial charge >= 0.3 is 0 Å². The van der Waals surface area contributed by atoms with Crippen molar-refractivity contribution in [3.63, 3.8) is 0 Å². The Hall–Kier alpha value is -2.18. The molecule has 0 saturated heterocycles. The first-order chi connectivity index (χ1) is 9.71. The maximum Gasteiger partial charge on any atom is 0.224 e. The minimum Gasteiger partial charge on any atom is -0.439 e. The second-order valence-electron chi connectivity index (χ2n) is 4.09. The molecule has 0 aliphatic carbocycles. The van der Waals surface area contributed by atoms with Gasteiger partial charge in [0.05, 0.1) is 6.61 Å². The van der Waals surface area contributed by atoms with Crippen molar-refractivity contribution in [2.45, 2.75) is 20.1 Å². The Morgan fingerprint density at radius 2 is 2.10 bits per heavy atom. The Morgan fingerprint density at radius 1 is 1.25 bits per heavy atom. The third-order valence-electron chi connectivity index (χ3n) is 2.51. The van der Waals surface area contributed by atoms with Gasteiger partial charge in [-0.1, -0.05) is 12.1 Å². The van der Waals surface area contributed by atoms with Crippen LogP contribution in [0.4, 0.5) is 5.82 Å². The molecule has 106 valence electrons. The molecule has 1 aromatic heterocycles. The van der Waals surface area contributed by atoms with Crippen LogP contribution in [0.1, 0.15) is 18.3 Å². The number of nitrogens with two attached hydrogens (primary N) is 1. The van der Waals surface area contributed by atoms with Gasteiger partial charge in [0.25, 0.3) is 0 Å². The van der Waals surface area contributed by atoms with E-state index in [0.29, 0.717) is 29.9 Å². The molecule has 0 atom stereocenters. The van der Waals surface area contributed by atoms with Crippen LogP contribution in [0.15, 0.2) is 30.3 Å². The van der Waals surface area contributed by atoms with Gasteiger partial charge in [-0.2, -0.15) is 4.98 Å². The largest absolute Gasteiger partial charge is 0.439 e. The fraction of sp³-hybridized carbons (Fsp3) is 0.286. The van der Waals surface area contributed by atoms with Gasteiger partial charge in [0.1, 0.15) is 18.2 Å². The molecule has 0 amide bonds. The van der Waals surface area contributed by atoms with E-state index in [1.807, 2.05) is 13.0 Å². The third kappa shape index (κ3) is 3.91. The molecule has 0 bridgehead atoms. The van der Waals surface area contributed by atoms with Crippen molar-refractivity contribution in [3.8, 4) is 11.6 Å². The maximum absolute atomic E-state index is 9.10. The molecule has 2 rings (SSSR count). The Balaban J connectivity index is 2.17. The zero-order chi connectivity index (χ0) is 14.4. The Morgan fingerprint density at radius 3 is 2.85 bits per heavy atom. The van der Waals surface area contributed by atoms with Crippen molar-refractivity contribution >= 4 is 5.82 Å². The number of aliphatic hydroxyl groups is 1. The van der Waals surface area contributed by atoms with Crippen LogP contribution in [0.5, 0.6) is 11.6 Å². The van der Waals surface area contributed by atoms with E-state index in [1.165, 1.54) is 0 Å². The summed E-state index contributed by atoms with van der Waals surface area (Å²) in [7, 11) is 0. The fourth-order valence-electron chi connectivity index (χ4n) is 1.63. The molecule has 0 radical (unpaired) electrons. The van der Waals surface area contributed by atoms with Gasteiger partial charge in [0.2, 0.25) is 5.88 Å². The highest BCUT2D eigenvalue weighted by Crippen LogP contribution is 2.22. The average molecular weight is 275 g/mol. The van der Waals surface area contributed by atoms with Crippen LogP contribution in [-0.4, -0.2) is 21.7 Å². The first kappa shape index (κ1) is 14.2. The van der Waals surface area contributed by atoms with Crippen LogP contribution < -0.4 is 10.5 Å². The highest BCUT2D eigenvalue weighted by molar-refractivity contribution is 5.36. The number of anilines is 1. The van der Waals surface area contributed by atoms with E-state index in [1.54, 1.807) is 24.3 Å². The molecule has 0 saturated carbocycles. The normalized spacial score (nSPS) is 10.5. The first-order valence-corrected chi connectivity index (χ1v) is 6.30. The van der Waals surface area contributed by atoms with E-state index in [2.05, 4.69) is 9.97 Å². The van der Waals surface area contributed by atoms with Crippen molar-refractivity contribution in [2.75, 3.05) is 12.3 Å². The molecule has 0 aliphatic rings. The minimum atomic E-state index is -0.0430. The lowest BCUT2D eigenvalue weighted by Crippen LogP contribution is -2.03. The number of hydrogen-bond acceptors (Lipinski definition) is 6. The molecule has 1 aromatic carbocycles. The first-order valence-electron chi connectivity index (χ1n) is 6.30. The fourth-order valence-corrected chi connectivity index (χ4v) is 1.63. The van der Waals surface area contributed by atoms with Gasteiger partial charge in [-0.15, -0.1) is 0 Å². The van der Waals surface area contributed by atoms with Crippen LogP contribution >= 0.6 is 0 Å². The topological polar surface area (TPSA) is 90.5 Å². The molecular formula is C14H17N3O3. The highest BCUT2D eigenvalue weighted by atomic mass is 16.5. The highest BCUT2D eigenvalue weighted by Gasteiger charge is 2.05. The number of aromatic nitrogens is 2. The average Bonchev–Trinajstić information content (AvgIpc) is 2.44. The van der Waals surface area contributed by atoms with E-state index < -0.39 is 0 Å². The quantitative estimate of drug-likeness (QED) is 0.836. The van der Waals surface area contributed by atoms with E-state index in [4.69, 9.17) is 20.3 Å². The summed E-state index contributed by atoms with van der Waals surface area (Å²) in [5, 5.41) is 9.10. The summed E-state index contributed by atoms with van der Waals surface area (Å²) in [4.78, 5) is 8.29. The summed E-state index contributed by atoms with van der Waals surface area (Å²) >= 11 is 0. The molecule has 0 unspecified atom stereocenters. The molecule has 2 aromatic rings. The van der Waals surface area contributed by atoms with E-state index in [0.717, 1.165) is 5.56 Å². The van der Waals surface area contributed by atoms with Crippen LogP contribution in [0, 0.1) is 0 Å². The van der Waals surface area contributed by atoms with Gasteiger partial charge in [-0.3, -0.25) is 0 Å². The van der Waals surface area contributed by atoms with E-state index >= 15 is 0 Å². The van der Waals surface area contributed by atoms with Crippen LogP contribution in [0.25, 0.3) is 0 Å². The summed E-state index contributed by atoms with van der Waals surface area (Å²) in [6.45, 7) is 2.71. The lowest BCUT2D eigenvalue weighted by molar-refractivity contribution is 0.128. The SMILES string of the molecule is CCOCc1nc(N)cc(Oc2cccc(CO)c2)n1. The summed E-state index contributed by atoms with van der Waals surface area (Å²) in [6.07, 6.45) is 0. The zero-order valence-corrected chi connectivity index (χ0v) is 11.2. The molecule has 0 fully saturated rings. The Bertz CT molecular complexity index is 575. The predicted molar refractivity (Wildman–Crippen MR) is 74.2 cm³/mol. The van der Waals surface area contributed by atoms with Gasteiger partial charge in [-0.25, -0.2) is 4.98 Å². The van der Waals surface area contributed by atoms with E-state index in [-0.39, 0.29) is 13.2 Å². The van der Waals surface area contributed by atoms with Gasteiger partial charge in [0.15, 0.2) is 5.82 Å². The van der Waals surface area contributed by atoms with Crippen molar-refractivity contribution in [2.24, 2.45) is 0 Å². The maximum atomic E-state index is 9.10. The van der Waals surface area contributed by atoms with Crippen molar-refractivity contribution < 1.29 is 14.6 Å². The molecule has 0 spiro atoms. The number of benzene rings is 1. The smallest absolute Gasteiger partial charge is 0.224 e. The lowest BCUT2D eigenvalue weighted by atomic mass is 10.2. The van der Waals surface area contributed by atoms with Crippen LogP contribution in [0.2, 0.25) is 0 Å². The molecule has 3 N–H and O–H groups in total. The van der Waals surface area contributed by atoms with E-state index in [9.17, 15) is 0 Å². The molecule has 20 heavy (non-hydrogen) atoms. The summed E-state index contributed by atoms with van der Waals surface area (Å²) in [5.74, 6) is 1.72. The number of rotatable bonds is 6. The third-order valence-corrected chi connectivity index (χ3v) is 2.51. The standard InChI is InChI=1S/C14H17N3O3/c1-2-19-9-13-16-12(15)7-14(17-13)20-11-5-3-4-10(6-11)8-18/h3-7,18H,2,8-9H2,1H3,(H2,15,16,17). The monoisotopic (exact) mass is 275 g/mol. The lowest BCUT2D eigenvalue weighted by Gasteiger charge is -2.08. The molecule has 0 aliphatic heterocycles. The number of aliphatic hydroxyl groups excluding tert-OH is 1. The summed E-state index contributed by atoms with van der Waals surface area (Å²) < 4.78 is 10.9. The number of nitrogens with zero attached hydrogens (tertiary/aromatic N) is 2. The van der Waals surface area contributed by atoms with Gasteiger partial charge in [0, 0.05) is 12.7 Å². The molecule has 6 heteroatoms. The van der Waals surface area contributed by atoms with Crippen molar-refractivity contribution in [1.29, 1.82) is 0 Å². The number of hydrogen-bond donors (Lipinski definition) is 2. The Labute approximate surface area is 117 Å². The predicted octanol–water partition coefficient (Wildman–Crippen LogP) is 1.88. The number of nitrogen functional groups attached to an aromatic ring is 1. The van der Waals surface area contributed by atoms with Crippen LogP contribution in [-0.2, 0) is 18.0 Å². The van der Waals surface area contributed by atoms with Gasteiger partial charge in [-0.05, 0) is 24.6 Å². The Kier molecular flexibility index (Phi) is 4.86. The van der Waals surface area contributed by atoms with Crippen molar-refractivity contribution in [3.05, 3.63) is 41.7 Å². The molecular weight excluding hydrogens is 258 g/mol. The summed E-state index contributed by atoms with van der Waals surface area (Å²) in [6, 6.07) is 8.66. The number of ether oxygens (including phenoxy) is 2.